The maximum atomic E-state index is 12.1. The second-order valence-corrected chi connectivity index (χ2v) is 7.35. The Hall–Kier alpha value is -4.06. The molecule has 1 atom stereocenters. The molecule has 0 spiro atoms. The largest absolute Gasteiger partial charge is 0.493 e. The third kappa shape index (κ3) is 4.21. The summed E-state index contributed by atoms with van der Waals surface area (Å²) < 4.78 is 16.9. The Morgan fingerprint density at radius 2 is 1.69 bits per heavy atom. The molecular weight excluding hydrogens is 406 g/mol. The number of rotatable bonds is 6. The Kier molecular flexibility index (Phi) is 5.94. The van der Waals surface area contributed by atoms with Crippen molar-refractivity contribution < 1.29 is 23.8 Å². The standard InChI is InChI=1S/C26H23NO5/c1-16-9-11-21-19(13-16)20(27-25(26(28)29)17-7-5-4-6-8-17)15-23(32-21)18-10-12-22(30-2)24(14-18)31-3/h4-15,25H,1-3H3,(H,28,29)/t25-/m0/s1. The van der Waals surface area contributed by atoms with Gasteiger partial charge in [0.2, 0.25) is 0 Å². The molecule has 0 aliphatic heterocycles. The van der Waals surface area contributed by atoms with Gasteiger partial charge in [0, 0.05) is 17.0 Å². The van der Waals surface area contributed by atoms with E-state index < -0.39 is 12.0 Å². The first-order valence-corrected chi connectivity index (χ1v) is 10.1. The van der Waals surface area contributed by atoms with Gasteiger partial charge in [-0.1, -0.05) is 42.0 Å². The molecule has 0 aliphatic carbocycles. The van der Waals surface area contributed by atoms with E-state index in [0.29, 0.717) is 33.8 Å². The predicted molar refractivity (Wildman–Crippen MR) is 122 cm³/mol. The molecule has 1 N–H and O–H groups in total. The topological polar surface area (TPSA) is 81.3 Å². The Morgan fingerprint density at radius 3 is 2.38 bits per heavy atom. The molecule has 0 unspecified atom stereocenters. The van der Waals surface area contributed by atoms with E-state index in [0.717, 1.165) is 16.5 Å². The Balaban J connectivity index is 1.97. The van der Waals surface area contributed by atoms with Crippen LogP contribution in [0.5, 0.6) is 11.5 Å². The van der Waals surface area contributed by atoms with Crippen molar-refractivity contribution >= 4 is 16.9 Å². The van der Waals surface area contributed by atoms with Gasteiger partial charge in [-0.15, -0.1) is 0 Å². The average Bonchev–Trinajstić information content (AvgIpc) is 2.82. The van der Waals surface area contributed by atoms with Crippen LogP contribution in [-0.2, 0) is 4.79 Å². The molecule has 0 bridgehead atoms. The van der Waals surface area contributed by atoms with Crippen molar-refractivity contribution in [3.8, 4) is 22.8 Å². The molecule has 0 saturated heterocycles. The number of carboxylic acids is 1. The highest BCUT2D eigenvalue weighted by atomic mass is 16.5. The van der Waals surface area contributed by atoms with Gasteiger partial charge in [-0.25, -0.2) is 4.79 Å². The minimum Gasteiger partial charge on any atom is -0.493 e. The summed E-state index contributed by atoms with van der Waals surface area (Å²) in [6.07, 6.45) is 0. The summed E-state index contributed by atoms with van der Waals surface area (Å²) in [5.74, 6) is 0.687. The SMILES string of the molecule is COc1ccc(-c2cc(=N[C@H](C(=O)O)c3ccccc3)c3cc(C)ccc3o2)cc1OC. The molecule has 0 fully saturated rings. The number of methoxy groups -OCH3 is 2. The van der Waals surface area contributed by atoms with Crippen LogP contribution in [0.15, 0.2) is 82.2 Å². The summed E-state index contributed by atoms with van der Waals surface area (Å²) >= 11 is 0. The average molecular weight is 429 g/mol. The van der Waals surface area contributed by atoms with E-state index in [4.69, 9.17) is 13.9 Å². The van der Waals surface area contributed by atoms with E-state index in [-0.39, 0.29) is 0 Å². The molecule has 0 aliphatic rings. The van der Waals surface area contributed by atoms with Crippen LogP contribution in [0.1, 0.15) is 17.2 Å². The molecule has 3 aromatic carbocycles. The van der Waals surface area contributed by atoms with Crippen LogP contribution in [0.3, 0.4) is 0 Å². The number of carbonyl (C=O) groups is 1. The summed E-state index contributed by atoms with van der Waals surface area (Å²) in [6.45, 7) is 1.97. The van der Waals surface area contributed by atoms with Gasteiger partial charge in [-0.2, -0.15) is 0 Å². The number of fused-ring (bicyclic) bond motifs is 1. The van der Waals surface area contributed by atoms with Gasteiger partial charge in [0.25, 0.3) is 0 Å². The van der Waals surface area contributed by atoms with Crippen LogP contribution < -0.4 is 14.8 Å². The molecule has 0 radical (unpaired) electrons. The fourth-order valence-corrected chi connectivity index (χ4v) is 3.57. The molecule has 1 aromatic heterocycles. The van der Waals surface area contributed by atoms with Crippen molar-refractivity contribution in [2.45, 2.75) is 13.0 Å². The predicted octanol–water partition coefficient (Wildman–Crippen LogP) is 5.15. The summed E-state index contributed by atoms with van der Waals surface area (Å²) in [7, 11) is 3.15. The normalized spacial score (nSPS) is 12.5. The second kappa shape index (κ2) is 8.98. The highest BCUT2D eigenvalue weighted by molar-refractivity contribution is 5.80. The minimum atomic E-state index is -1.04. The first-order valence-electron chi connectivity index (χ1n) is 10.1. The number of nitrogens with zero attached hydrogens (tertiary/aromatic N) is 1. The highest BCUT2D eigenvalue weighted by Crippen LogP contribution is 2.33. The van der Waals surface area contributed by atoms with Crippen molar-refractivity contribution in [2.75, 3.05) is 14.2 Å². The Bertz CT molecular complexity index is 1340. The van der Waals surface area contributed by atoms with E-state index in [1.807, 2.05) is 43.3 Å². The van der Waals surface area contributed by atoms with Crippen LogP contribution in [-0.4, -0.2) is 25.3 Å². The van der Waals surface area contributed by atoms with Gasteiger partial charge in [0.15, 0.2) is 17.5 Å². The van der Waals surface area contributed by atoms with Crippen LogP contribution in [0.25, 0.3) is 22.3 Å². The van der Waals surface area contributed by atoms with Crippen LogP contribution in [0.4, 0.5) is 0 Å². The first-order chi connectivity index (χ1) is 15.5. The number of aryl methyl sites for hydroxylation is 1. The number of hydrogen-bond acceptors (Lipinski definition) is 5. The fraction of sp³-hybridized carbons (Fsp3) is 0.154. The lowest BCUT2D eigenvalue weighted by atomic mass is 10.1. The van der Waals surface area contributed by atoms with Crippen molar-refractivity contribution in [2.24, 2.45) is 4.99 Å². The smallest absolute Gasteiger partial charge is 0.333 e. The van der Waals surface area contributed by atoms with Crippen LogP contribution in [0.2, 0.25) is 0 Å². The third-order valence-corrected chi connectivity index (χ3v) is 5.18. The zero-order chi connectivity index (χ0) is 22.7. The number of aliphatic carboxylic acids is 1. The van der Waals surface area contributed by atoms with E-state index in [9.17, 15) is 9.90 Å². The zero-order valence-corrected chi connectivity index (χ0v) is 18.0. The molecule has 4 aromatic rings. The van der Waals surface area contributed by atoms with Crippen LogP contribution >= 0.6 is 0 Å². The summed E-state index contributed by atoms with van der Waals surface area (Å²) in [4.78, 5) is 16.7. The summed E-state index contributed by atoms with van der Waals surface area (Å²) in [5, 5.41) is 11.2. The number of benzene rings is 3. The second-order valence-electron chi connectivity index (χ2n) is 7.35. The van der Waals surface area contributed by atoms with Crippen molar-refractivity contribution in [3.63, 3.8) is 0 Å². The maximum Gasteiger partial charge on any atom is 0.333 e. The van der Waals surface area contributed by atoms with Crippen molar-refractivity contribution in [1.29, 1.82) is 0 Å². The monoisotopic (exact) mass is 429 g/mol. The van der Waals surface area contributed by atoms with Gasteiger partial charge in [-0.3, -0.25) is 4.99 Å². The van der Waals surface area contributed by atoms with Gasteiger partial charge in [0.1, 0.15) is 11.3 Å². The Labute approximate surface area is 185 Å². The van der Waals surface area contributed by atoms with Gasteiger partial charge in [0.05, 0.1) is 19.6 Å². The first kappa shape index (κ1) is 21.2. The molecule has 1 heterocycles. The van der Waals surface area contributed by atoms with Crippen molar-refractivity contribution in [1.82, 2.24) is 0 Å². The number of hydrogen-bond donors (Lipinski definition) is 1. The molecule has 6 nitrogen and oxygen atoms in total. The van der Waals surface area contributed by atoms with E-state index in [1.165, 1.54) is 0 Å². The number of carboxylic acid groups (broad SMARTS) is 1. The molecule has 162 valence electrons. The maximum absolute atomic E-state index is 12.1. The fourth-order valence-electron chi connectivity index (χ4n) is 3.57. The summed E-state index contributed by atoms with van der Waals surface area (Å²) in [5.41, 5.74) is 3.00. The third-order valence-electron chi connectivity index (χ3n) is 5.18. The van der Waals surface area contributed by atoms with E-state index >= 15 is 0 Å². The Morgan fingerprint density at radius 1 is 0.938 bits per heavy atom. The van der Waals surface area contributed by atoms with Crippen molar-refractivity contribution in [3.05, 3.63) is 89.3 Å². The quantitative estimate of drug-likeness (QED) is 0.458. The summed E-state index contributed by atoms with van der Waals surface area (Å²) in [6, 6.07) is 20.9. The molecule has 0 amide bonds. The highest BCUT2D eigenvalue weighted by Gasteiger charge is 2.19. The van der Waals surface area contributed by atoms with E-state index in [2.05, 4.69) is 4.99 Å². The molecule has 32 heavy (non-hydrogen) atoms. The van der Waals surface area contributed by atoms with Gasteiger partial charge >= 0.3 is 5.97 Å². The molecule has 6 heteroatoms. The molecular formula is C26H23NO5. The van der Waals surface area contributed by atoms with E-state index in [1.54, 1.807) is 50.6 Å². The zero-order valence-electron chi connectivity index (χ0n) is 18.0. The minimum absolute atomic E-state index is 0.538. The van der Waals surface area contributed by atoms with Gasteiger partial charge < -0.3 is 19.0 Å². The number of ether oxygens (including phenoxy) is 2. The lowest BCUT2D eigenvalue weighted by Gasteiger charge is -2.11. The lowest BCUT2D eigenvalue weighted by molar-refractivity contribution is -0.138. The van der Waals surface area contributed by atoms with Gasteiger partial charge in [-0.05, 0) is 42.8 Å². The molecule has 0 saturated carbocycles. The van der Waals surface area contributed by atoms with Crippen LogP contribution in [0, 0.1) is 6.92 Å². The lowest BCUT2D eigenvalue weighted by Crippen LogP contribution is -2.15. The molecule has 4 rings (SSSR count).